The molecule has 0 saturated heterocycles. The van der Waals surface area contributed by atoms with Crippen molar-refractivity contribution in [3.05, 3.63) is 97.4 Å². The lowest BCUT2D eigenvalue weighted by atomic mass is 9.99. The fourth-order valence-electron chi connectivity index (χ4n) is 5.37. The second kappa shape index (κ2) is 6.02. The van der Waals surface area contributed by atoms with Crippen LogP contribution >= 0.6 is 0 Å². The van der Waals surface area contributed by atoms with Crippen LogP contribution in [0, 0.1) is 0 Å². The molecule has 3 aromatic heterocycles. The molecule has 33 heavy (non-hydrogen) atoms. The molecule has 0 N–H and O–H groups in total. The van der Waals surface area contributed by atoms with Crippen molar-refractivity contribution in [2.75, 3.05) is 0 Å². The van der Waals surface area contributed by atoms with Gasteiger partial charge in [0.15, 0.2) is 12.0 Å². The van der Waals surface area contributed by atoms with E-state index < -0.39 is 0 Å². The SMILES string of the molecule is c1ccc2c(c1)oc1c2c2ccccc2c2c1c1ccccc1n2-c1ccc2ncoc2c1. The van der Waals surface area contributed by atoms with Crippen LogP contribution in [0.15, 0.2) is 106 Å². The minimum absolute atomic E-state index is 0.771. The van der Waals surface area contributed by atoms with Gasteiger partial charge in [0.05, 0.1) is 22.1 Å². The standard InChI is InChI=1S/C29H16N2O2/c1-2-8-19-18(7-1)26-21-10-4-6-12-24(21)33-29(26)27-20-9-3-5-11-23(20)31(28(19)27)17-13-14-22-25(15-17)32-16-30-22/h1-16H. The predicted octanol–water partition coefficient (Wildman–Crippen LogP) is 7.98. The first-order chi connectivity index (χ1) is 16.4. The molecule has 0 bridgehead atoms. The van der Waals surface area contributed by atoms with Gasteiger partial charge in [0.1, 0.15) is 16.7 Å². The van der Waals surface area contributed by atoms with E-state index in [0.717, 1.165) is 49.8 Å². The van der Waals surface area contributed by atoms with Gasteiger partial charge >= 0.3 is 0 Å². The molecule has 8 aromatic rings. The molecule has 0 aliphatic carbocycles. The normalized spacial score (nSPS) is 12.2. The van der Waals surface area contributed by atoms with Gasteiger partial charge < -0.3 is 13.4 Å². The zero-order valence-corrected chi connectivity index (χ0v) is 17.4. The van der Waals surface area contributed by atoms with E-state index >= 15 is 0 Å². The fourth-order valence-corrected chi connectivity index (χ4v) is 5.37. The molecule has 0 saturated carbocycles. The first kappa shape index (κ1) is 17.0. The van der Waals surface area contributed by atoms with Crippen molar-refractivity contribution >= 4 is 65.6 Å². The predicted molar refractivity (Wildman–Crippen MR) is 133 cm³/mol. The molecule has 0 aliphatic heterocycles. The largest absolute Gasteiger partial charge is 0.455 e. The van der Waals surface area contributed by atoms with Crippen LogP contribution in [-0.4, -0.2) is 9.55 Å². The number of rotatable bonds is 1. The number of fused-ring (bicyclic) bond motifs is 11. The van der Waals surface area contributed by atoms with Crippen LogP contribution in [0.2, 0.25) is 0 Å². The summed E-state index contributed by atoms with van der Waals surface area (Å²) in [4.78, 5) is 4.29. The molecular weight excluding hydrogens is 408 g/mol. The first-order valence-electron chi connectivity index (χ1n) is 11.0. The first-order valence-corrected chi connectivity index (χ1v) is 11.0. The van der Waals surface area contributed by atoms with Crippen LogP contribution in [0.3, 0.4) is 0 Å². The summed E-state index contributed by atoms with van der Waals surface area (Å²) in [6.07, 6.45) is 1.49. The van der Waals surface area contributed by atoms with Gasteiger partial charge in [0.25, 0.3) is 0 Å². The molecule has 0 unspecified atom stereocenters. The van der Waals surface area contributed by atoms with Gasteiger partial charge in [-0.3, -0.25) is 0 Å². The maximum Gasteiger partial charge on any atom is 0.181 e. The van der Waals surface area contributed by atoms with Gasteiger partial charge in [-0.15, -0.1) is 0 Å². The molecule has 0 atom stereocenters. The third kappa shape index (κ3) is 2.12. The number of para-hydroxylation sites is 2. The molecule has 4 heteroatoms. The lowest BCUT2D eigenvalue weighted by Gasteiger charge is -2.10. The summed E-state index contributed by atoms with van der Waals surface area (Å²) in [6, 6.07) is 31.6. The Kier molecular flexibility index (Phi) is 3.11. The summed E-state index contributed by atoms with van der Waals surface area (Å²) in [5.74, 6) is 0. The van der Waals surface area contributed by atoms with E-state index in [9.17, 15) is 0 Å². The molecule has 0 amide bonds. The summed E-state index contributed by atoms with van der Waals surface area (Å²) < 4.78 is 14.5. The van der Waals surface area contributed by atoms with E-state index in [4.69, 9.17) is 8.83 Å². The van der Waals surface area contributed by atoms with Crippen molar-refractivity contribution < 1.29 is 8.83 Å². The summed E-state index contributed by atoms with van der Waals surface area (Å²) in [5.41, 5.74) is 6.76. The van der Waals surface area contributed by atoms with Gasteiger partial charge in [0.2, 0.25) is 0 Å². The number of nitrogens with zero attached hydrogens (tertiary/aromatic N) is 2. The number of aromatic nitrogens is 2. The lowest BCUT2D eigenvalue weighted by molar-refractivity contribution is 0.602. The number of furan rings is 1. The number of oxazole rings is 1. The number of hydrogen-bond donors (Lipinski definition) is 0. The van der Waals surface area contributed by atoms with Crippen LogP contribution in [0.25, 0.3) is 71.3 Å². The Hall–Kier alpha value is -4.57. The van der Waals surface area contributed by atoms with Crippen LogP contribution in [0.4, 0.5) is 0 Å². The number of hydrogen-bond acceptors (Lipinski definition) is 3. The minimum atomic E-state index is 0.771. The van der Waals surface area contributed by atoms with Crippen molar-refractivity contribution in [2.24, 2.45) is 0 Å². The lowest BCUT2D eigenvalue weighted by Crippen LogP contribution is -1.94. The van der Waals surface area contributed by atoms with E-state index in [1.165, 1.54) is 27.9 Å². The van der Waals surface area contributed by atoms with Gasteiger partial charge in [0, 0.05) is 27.6 Å². The molecule has 154 valence electrons. The zero-order chi connectivity index (χ0) is 21.5. The van der Waals surface area contributed by atoms with Crippen LogP contribution in [0.1, 0.15) is 0 Å². The van der Waals surface area contributed by atoms with E-state index in [1.807, 2.05) is 18.2 Å². The molecule has 0 aliphatic rings. The van der Waals surface area contributed by atoms with Gasteiger partial charge in [-0.1, -0.05) is 60.7 Å². The van der Waals surface area contributed by atoms with Crippen molar-refractivity contribution in [2.45, 2.75) is 0 Å². The Morgan fingerprint density at radius 1 is 0.636 bits per heavy atom. The van der Waals surface area contributed by atoms with Crippen molar-refractivity contribution in [3.8, 4) is 5.69 Å². The van der Waals surface area contributed by atoms with Crippen molar-refractivity contribution in [1.29, 1.82) is 0 Å². The molecule has 3 heterocycles. The Morgan fingerprint density at radius 3 is 2.30 bits per heavy atom. The minimum Gasteiger partial charge on any atom is -0.455 e. The molecule has 0 fully saturated rings. The molecule has 0 radical (unpaired) electrons. The highest BCUT2D eigenvalue weighted by Gasteiger charge is 2.22. The molecule has 0 spiro atoms. The van der Waals surface area contributed by atoms with Crippen LogP contribution in [0.5, 0.6) is 0 Å². The molecule has 8 rings (SSSR count). The summed E-state index contributed by atoms with van der Waals surface area (Å²) >= 11 is 0. The quantitative estimate of drug-likeness (QED) is 0.268. The highest BCUT2D eigenvalue weighted by molar-refractivity contribution is 6.35. The highest BCUT2D eigenvalue weighted by Crippen LogP contribution is 2.45. The Bertz CT molecular complexity index is 2040. The molecular formula is C29H16N2O2. The Labute approximate surface area is 187 Å². The maximum atomic E-state index is 6.55. The van der Waals surface area contributed by atoms with E-state index in [0.29, 0.717) is 0 Å². The van der Waals surface area contributed by atoms with Crippen molar-refractivity contribution in [1.82, 2.24) is 9.55 Å². The average Bonchev–Trinajstić information content (AvgIpc) is 3.57. The molecule has 5 aromatic carbocycles. The van der Waals surface area contributed by atoms with Gasteiger partial charge in [-0.05, 0) is 29.7 Å². The third-order valence-corrected chi connectivity index (χ3v) is 6.72. The summed E-state index contributed by atoms with van der Waals surface area (Å²) in [7, 11) is 0. The summed E-state index contributed by atoms with van der Waals surface area (Å²) in [5, 5.41) is 7.00. The molecule has 4 nitrogen and oxygen atoms in total. The third-order valence-electron chi connectivity index (χ3n) is 6.72. The van der Waals surface area contributed by atoms with E-state index in [1.54, 1.807) is 0 Å². The zero-order valence-electron chi connectivity index (χ0n) is 17.4. The smallest absolute Gasteiger partial charge is 0.181 e. The Morgan fingerprint density at radius 2 is 1.39 bits per heavy atom. The number of benzene rings is 5. The maximum absolute atomic E-state index is 6.55. The van der Waals surface area contributed by atoms with Gasteiger partial charge in [-0.25, -0.2) is 4.98 Å². The second-order valence-electron chi connectivity index (χ2n) is 8.43. The second-order valence-corrected chi connectivity index (χ2v) is 8.43. The summed E-state index contributed by atoms with van der Waals surface area (Å²) in [6.45, 7) is 0. The van der Waals surface area contributed by atoms with Crippen LogP contribution in [-0.2, 0) is 0 Å². The van der Waals surface area contributed by atoms with E-state index in [2.05, 4.69) is 82.3 Å². The average molecular weight is 424 g/mol. The van der Waals surface area contributed by atoms with Crippen LogP contribution < -0.4 is 0 Å². The van der Waals surface area contributed by atoms with E-state index in [-0.39, 0.29) is 0 Å². The highest BCUT2D eigenvalue weighted by atomic mass is 16.3. The fraction of sp³-hybridized carbons (Fsp3) is 0. The Balaban J connectivity index is 1.70. The topological polar surface area (TPSA) is 44.1 Å². The monoisotopic (exact) mass is 424 g/mol. The van der Waals surface area contributed by atoms with Gasteiger partial charge in [-0.2, -0.15) is 0 Å². The van der Waals surface area contributed by atoms with Crippen molar-refractivity contribution in [3.63, 3.8) is 0 Å².